The van der Waals surface area contributed by atoms with Gasteiger partial charge in [-0.15, -0.1) is 0 Å². The molecule has 12 rings (SSSR count). The lowest BCUT2D eigenvalue weighted by molar-refractivity contribution is -0.141. The van der Waals surface area contributed by atoms with Crippen molar-refractivity contribution >= 4 is 107 Å². The van der Waals surface area contributed by atoms with Crippen LogP contribution in [0.1, 0.15) is 28.3 Å². The van der Waals surface area contributed by atoms with E-state index in [9.17, 15) is 40.7 Å². The Morgan fingerprint density at radius 2 is 1.16 bits per heavy atom. The van der Waals surface area contributed by atoms with Gasteiger partial charge >= 0.3 is 29.4 Å². The summed E-state index contributed by atoms with van der Waals surface area (Å²) in [4.78, 5) is 66.7. The predicted octanol–water partition coefficient (Wildman–Crippen LogP) is 9.86. The summed E-state index contributed by atoms with van der Waals surface area (Å²) in [5, 5.41) is 13.9. The Balaban J connectivity index is 0.913. The Kier molecular flexibility index (Phi) is 11.2. The minimum Gasteiger partial charge on any atom is -0.450 e. The number of anilines is 3. The van der Waals surface area contributed by atoms with E-state index in [-0.39, 0.29) is 103 Å². The maximum Gasteiger partial charge on any atom is 0.433 e. The molecule has 0 saturated heterocycles. The molecule has 0 unspecified atom stereocenters. The maximum absolute atomic E-state index is 14.3. The number of hydrogen-bond donors (Lipinski definition) is 3. The van der Waals surface area contributed by atoms with Crippen LogP contribution in [0, 0.1) is 6.92 Å². The lowest BCUT2D eigenvalue weighted by Gasteiger charge is -2.15. The van der Waals surface area contributed by atoms with Crippen LogP contribution in [0.4, 0.5) is 43.8 Å². The van der Waals surface area contributed by atoms with E-state index in [1.54, 1.807) is 44.4 Å². The van der Waals surface area contributed by atoms with E-state index < -0.39 is 40.8 Å². The van der Waals surface area contributed by atoms with Crippen molar-refractivity contribution in [1.82, 2.24) is 53.4 Å². The first-order valence-electron chi connectivity index (χ1n) is 22.7. The van der Waals surface area contributed by atoms with Crippen LogP contribution in [0.2, 0.25) is 10.0 Å². The monoisotopic (exact) mass is 1090 g/mol. The molecule has 0 saturated carbocycles. The topological polar surface area (TPSA) is 237 Å². The van der Waals surface area contributed by atoms with Crippen molar-refractivity contribution in [3.05, 3.63) is 155 Å². The van der Waals surface area contributed by atoms with E-state index in [0.29, 0.717) is 38.5 Å². The summed E-state index contributed by atoms with van der Waals surface area (Å²) in [5.74, 6) is -0.228. The summed E-state index contributed by atoms with van der Waals surface area (Å²) in [6.07, 6.45) is -6.60. The summed E-state index contributed by atoms with van der Waals surface area (Å²) in [6.45, 7) is 1.32. The molecule has 0 aliphatic rings. The molecule has 0 radical (unpaired) electrons. The van der Waals surface area contributed by atoms with E-state index in [1.165, 1.54) is 46.8 Å². The highest BCUT2D eigenvalue weighted by Crippen LogP contribution is 2.39. The zero-order valence-corrected chi connectivity index (χ0v) is 40.9. The van der Waals surface area contributed by atoms with Crippen molar-refractivity contribution in [1.29, 1.82) is 0 Å². The van der Waals surface area contributed by atoms with E-state index in [2.05, 4.69) is 46.0 Å². The van der Waals surface area contributed by atoms with Gasteiger partial charge in [0.1, 0.15) is 44.6 Å². The summed E-state index contributed by atoms with van der Waals surface area (Å²) in [5.41, 5.74) is -4.19. The van der Waals surface area contributed by atoms with Crippen LogP contribution in [-0.2, 0) is 32.5 Å². The molecule has 0 bridgehead atoms. The predicted molar refractivity (Wildman–Crippen MR) is 270 cm³/mol. The molecule has 28 heteroatoms. The highest BCUT2D eigenvalue weighted by atomic mass is 35.5. The van der Waals surface area contributed by atoms with Gasteiger partial charge in [0.15, 0.2) is 45.4 Å². The quantitative estimate of drug-likeness (QED) is 0.108. The number of nitrogens with zero attached hydrogens (tertiary/aromatic N) is 11. The molecule has 0 amide bonds. The third kappa shape index (κ3) is 8.18. The second kappa shape index (κ2) is 17.7. The first kappa shape index (κ1) is 48.6. The van der Waals surface area contributed by atoms with Crippen molar-refractivity contribution in [3.63, 3.8) is 0 Å². The molecule has 10 heterocycles. The van der Waals surface area contributed by atoms with Gasteiger partial charge in [0.05, 0.1) is 46.2 Å². The minimum atomic E-state index is -4.90. The Morgan fingerprint density at radius 3 is 1.75 bits per heavy atom. The van der Waals surface area contributed by atoms with Crippen molar-refractivity contribution in [3.8, 4) is 17.1 Å². The maximum atomic E-state index is 14.3. The largest absolute Gasteiger partial charge is 0.450 e. The Labute approximate surface area is 433 Å². The molecule has 0 aliphatic carbocycles. The van der Waals surface area contributed by atoms with E-state index in [1.807, 2.05) is 0 Å². The fourth-order valence-corrected chi connectivity index (χ4v) is 9.43. The second-order valence-electron chi connectivity index (χ2n) is 17.3. The molecule has 388 valence electrons. The van der Waals surface area contributed by atoms with Crippen molar-refractivity contribution < 1.29 is 39.6 Å². The number of rotatable bonds is 10. The second-order valence-corrected chi connectivity index (χ2v) is 18.2. The summed E-state index contributed by atoms with van der Waals surface area (Å²) in [7, 11) is 3.13. The molecule has 2 aromatic carbocycles. The zero-order chi connectivity index (χ0) is 54.0. The smallest absolute Gasteiger partial charge is 0.433 e. The highest BCUT2D eigenvalue weighted by Gasteiger charge is 2.35. The number of furan rings is 3. The van der Waals surface area contributed by atoms with Crippen molar-refractivity contribution in [2.45, 2.75) is 32.4 Å². The number of benzene rings is 2. The molecule has 0 spiro atoms. The molecular formula is C49H30Cl2F6N14O6. The molecule has 77 heavy (non-hydrogen) atoms. The molecular weight excluding hydrogens is 1070 g/mol. The van der Waals surface area contributed by atoms with Crippen LogP contribution in [0.3, 0.4) is 0 Å². The summed E-state index contributed by atoms with van der Waals surface area (Å²) < 4.78 is 107. The van der Waals surface area contributed by atoms with Crippen LogP contribution in [-0.4, -0.2) is 60.4 Å². The van der Waals surface area contributed by atoms with Gasteiger partial charge in [-0.05, 0) is 79.2 Å². The minimum absolute atomic E-state index is 0.0349. The normalized spacial score (nSPS) is 12.4. The van der Waals surface area contributed by atoms with Crippen LogP contribution < -0.4 is 33.0 Å². The first-order chi connectivity index (χ1) is 36.7. The number of pyridine rings is 3. The number of alkyl halides is 6. The van der Waals surface area contributed by atoms with Gasteiger partial charge in [-0.1, -0.05) is 29.3 Å². The van der Waals surface area contributed by atoms with E-state index >= 15 is 0 Å². The van der Waals surface area contributed by atoms with Gasteiger partial charge < -0.3 is 29.2 Å². The van der Waals surface area contributed by atoms with Gasteiger partial charge in [-0.3, -0.25) is 23.4 Å². The number of fused-ring (bicyclic) bond motifs is 9. The van der Waals surface area contributed by atoms with Crippen LogP contribution in [0.15, 0.2) is 113 Å². The SMILES string of the molecule is CNc1nc(=O)n(-c2cc(CNc3nc(=O)n(-c4ccc(CNc5nc(=O)n(-c6cnn(C)c6)c6c5oc5ccc(Cl)cc56)nc4C)c4c3oc3ccc(C(F)(F)F)nc34)ccc2Cl)c2c1oc1ccc(C(F)(F)F)nc12. The highest BCUT2D eigenvalue weighted by molar-refractivity contribution is 6.32. The van der Waals surface area contributed by atoms with Gasteiger partial charge in [-0.25, -0.2) is 24.4 Å². The third-order valence-electron chi connectivity index (χ3n) is 12.4. The molecule has 10 aromatic heterocycles. The van der Waals surface area contributed by atoms with Crippen LogP contribution in [0.25, 0.3) is 83.5 Å². The van der Waals surface area contributed by atoms with Gasteiger partial charge in [0.2, 0.25) is 0 Å². The number of aryl methyl sites for hydroxylation is 2. The lowest BCUT2D eigenvalue weighted by atomic mass is 10.2. The average Bonchev–Trinajstić information content (AvgIpc) is 4.39. The third-order valence-corrected chi connectivity index (χ3v) is 13.0. The number of halogens is 8. The summed E-state index contributed by atoms with van der Waals surface area (Å²) in [6, 6.07) is 15.9. The Hall–Kier alpha value is -9.30. The average molecular weight is 1100 g/mol. The summed E-state index contributed by atoms with van der Waals surface area (Å²) >= 11 is 13.0. The van der Waals surface area contributed by atoms with Crippen LogP contribution >= 0.6 is 23.2 Å². The molecule has 0 fully saturated rings. The van der Waals surface area contributed by atoms with Gasteiger partial charge in [0, 0.05) is 37.2 Å². The molecule has 0 aliphatic heterocycles. The standard InChI is InChI=1S/C49H30Cl2F6N14O6/c1-20-27(8-6-23(62-20)17-60-43-39-36(25-15-22(50)5-9-29(25)75-39)69(45(72)66-43)24-18-61-68(3)19-24)70-38-35-31(11-13-33(64-35)49(55,56)57)77-41(38)44(67-47(70)74)59-16-21-4-7-26(51)28(14-21)71-37-34-30(10-12-32(63-34)48(52,53)54)76-40(37)42(58-2)65-46(71)73/h4-15,18-19H,16-17H2,1-3H3,(H,58,65,73)(H,59,67,74)(H,60,66,72). The zero-order valence-electron chi connectivity index (χ0n) is 39.4. The molecule has 20 nitrogen and oxygen atoms in total. The Morgan fingerprint density at radius 1 is 0.597 bits per heavy atom. The fraction of sp³-hybridized carbons (Fsp3) is 0.143. The lowest BCUT2D eigenvalue weighted by Crippen LogP contribution is -2.25. The molecule has 12 aromatic rings. The molecule has 0 atom stereocenters. The van der Waals surface area contributed by atoms with Crippen LogP contribution in [0.5, 0.6) is 0 Å². The number of hydrogen-bond acceptors (Lipinski definition) is 16. The number of nitrogens with one attached hydrogen (secondary N) is 3. The molecule has 3 N–H and O–H groups in total. The van der Waals surface area contributed by atoms with Crippen molar-refractivity contribution in [2.75, 3.05) is 23.0 Å². The first-order valence-corrected chi connectivity index (χ1v) is 23.4. The Bertz CT molecular complexity index is 4650. The van der Waals surface area contributed by atoms with Crippen molar-refractivity contribution in [2.24, 2.45) is 7.05 Å². The number of aromatic nitrogens is 11. The van der Waals surface area contributed by atoms with E-state index in [4.69, 9.17) is 41.4 Å². The van der Waals surface area contributed by atoms with E-state index in [0.717, 1.165) is 33.4 Å². The van der Waals surface area contributed by atoms with Gasteiger partial charge in [-0.2, -0.15) is 46.4 Å². The fourth-order valence-electron chi connectivity index (χ4n) is 9.06. The van der Waals surface area contributed by atoms with Gasteiger partial charge in [0.25, 0.3) is 0 Å².